The topological polar surface area (TPSA) is 90.9 Å². The van der Waals surface area contributed by atoms with Crippen LogP contribution in [0.2, 0.25) is 0 Å². The third-order valence-electron chi connectivity index (χ3n) is 7.07. The van der Waals surface area contributed by atoms with E-state index in [9.17, 15) is 14.7 Å². The molecule has 3 N–H and O–H groups in total. The predicted molar refractivity (Wildman–Crippen MR) is 149 cm³/mol. The molecule has 3 aromatic rings. The number of carboxylic acids is 1. The van der Waals surface area contributed by atoms with Gasteiger partial charge in [0.2, 0.25) is 0 Å². The van der Waals surface area contributed by atoms with Crippen molar-refractivity contribution >= 4 is 29.1 Å². The van der Waals surface area contributed by atoms with Gasteiger partial charge in [0.05, 0.1) is 18.5 Å². The summed E-state index contributed by atoms with van der Waals surface area (Å²) in [5.41, 5.74) is 5.04. The predicted octanol–water partition coefficient (Wildman–Crippen LogP) is 7.17. The fraction of sp³-hybridized carbons (Fsp3) is 0.333. The fourth-order valence-corrected chi connectivity index (χ4v) is 4.94. The van der Waals surface area contributed by atoms with E-state index in [4.69, 9.17) is 4.74 Å². The normalized spacial score (nSPS) is 13.9. The molecule has 0 heterocycles. The van der Waals surface area contributed by atoms with Crippen molar-refractivity contribution < 1.29 is 19.4 Å². The quantitative estimate of drug-likeness (QED) is 0.299. The van der Waals surface area contributed by atoms with E-state index in [1.165, 1.54) is 32.8 Å². The van der Waals surface area contributed by atoms with Gasteiger partial charge in [0.25, 0.3) is 0 Å². The summed E-state index contributed by atoms with van der Waals surface area (Å²) in [4.78, 5) is 27.0. The zero-order chi connectivity index (χ0) is 26.4. The van der Waals surface area contributed by atoms with Crippen molar-refractivity contribution in [1.82, 2.24) is 0 Å². The molecule has 7 heteroatoms. The number of hydrogen-bond donors (Lipinski definition) is 3. The maximum Gasteiger partial charge on any atom is 0.339 e. The lowest BCUT2D eigenvalue weighted by Gasteiger charge is -2.31. The number of carboxylic acid groups (broad SMARTS) is 1. The Hall–Kier alpha value is -4.00. The molecule has 1 fully saturated rings. The van der Waals surface area contributed by atoms with Crippen LogP contribution in [0, 0.1) is 6.92 Å². The third-order valence-corrected chi connectivity index (χ3v) is 7.07. The Bertz CT molecular complexity index is 1250. The van der Waals surface area contributed by atoms with Crippen LogP contribution in [0.5, 0.6) is 5.75 Å². The zero-order valence-corrected chi connectivity index (χ0v) is 21.7. The van der Waals surface area contributed by atoms with Crippen molar-refractivity contribution in [1.29, 1.82) is 0 Å². The van der Waals surface area contributed by atoms with E-state index in [0.29, 0.717) is 23.2 Å². The second-order valence-electron chi connectivity index (χ2n) is 9.65. The minimum Gasteiger partial charge on any atom is -0.496 e. The van der Waals surface area contributed by atoms with Crippen LogP contribution in [0.15, 0.2) is 60.7 Å². The van der Waals surface area contributed by atoms with E-state index in [-0.39, 0.29) is 11.6 Å². The van der Waals surface area contributed by atoms with Gasteiger partial charge < -0.3 is 25.4 Å². The number of anilines is 3. The van der Waals surface area contributed by atoms with Gasteiger partial charge in [0.1, 0.15) is 11.3 Å². The molecule has 7 nitrogen and oxygen atoms in total. The van der Waals surface area contributed by atoms with Gasteiger partial charge >= 0.3 is 12.0 Å². The van der Waals surface area contributed by atoms with E-state index >= 15 is 0 Å². The summed E-state index contributed by atoms with van der Waals surface area (Å²) in [6, 6.07) is 18.7. The zero-order valence-electron chi connectivity index (χ0n) is 21.7. The number of ether oxygens (including phenoxy) is 1. The van der Waals surface area contributed by atoms with Crippen LogP contribution in [-0.4, -0.2) is 37.3 Å². The van der Waals surface area contributed by atoms with Gasteiger partial charge in [-0.3, -0.25) is 0 Å². The number of nitrogens with one attached hydrogen (secondary N) is 2. The van der Waals surface area contributed by atoms with Crippen molar-refractivity contribution in [2.75, 3.05) is 29.7 Å². The molecule has 0 spiro atoms. The summed E-state index contributed by atoms with van der Waals surface area (Å²) in [6.07, 6.45) is 7.16. The summed E-state index contributed by atoms with van der Waals surface area (Å²) in [7, 11) is 3.54. The second kappa shape index (κ2) is 11.8. The molecule has 0 unspecified atom stereocenters. The SMILES string of the molecule is COc1ccc(-c2ccc(N(C)C3CCCCCC3)c(NC(=O)Nc3ccc(C)cc3)c2)cc1C(=O)O. The molecule has 0 atom stereocenters. The van der Waals surface area contributed by atoms with Gasteiger partial charge in [-0.1, -0.05) is 55.5 Å². The van der Waals surface area contributed by atoms with E-state index in [0.717, 1.165) is 35.2 Å². The largest absolute Gasteiger partial charge is 0.496 e. The Morgan fingerprint density at radius 2 is 1.54 bits per heavy atom. The maximum atomic E-state index is 13.0. The standard InChI is InChI=1S/C30H35N3O4/c1-20-10-14-23(15-11-20)31-30(36)32-26-19-22(21-13-17-28(37-3)25(18-21)29(34)35)12-16-27(26)33(2)24-8-6-4-5-7-9-24/h10-19,24H,4-9H2,1-3H3,(H,34,35)(H2,31,32,36). The Kier molecular flexibility index (Phi) is 8.33. The first-order chi connectivity index (χ1) is 17.9. The molecule has 37 heavy (non-hydrogen) atoms. The highest BCUT2D eigenvalue weighted by Crippen LogP contribution is 2.36. The summed E-state index contributed by atoms with van der Waals surface area (Å²) in [5, 5.41) is 15.6. The van der Waals surface area contributed by atoms with Crippen LogP contribution in [-0.2, 0) is 0 Å². The van der Waals surface area contributed by atoms with Crippen molar-refractivity contribution in [3.8, 4) is 16.9 Å². The van der Waals surface area contributed by atoms with Crippen LogP contribution in [0.1, 0.15) is 54.4 Å². The summed E-state index contributed by atoms with van der Waals surface area (Å²) < 4.78 is 5.21. The molecule has 1 aliphatic carbocycles. The number of benzene rings is 3. The first-order valence-corrected chi connectivity index (χ1v) is 12.8. The van der Waals surface area contributed by atoms with Crippen molar-refractivity contribution in [3.05, 3.63) is 71.8 Å². The number of methoxy groups -OCH3 is 1. The van der Waals surface area contributed by atoms with Crippen LogP contribution < -0.4 is 20.3 Å². The molecule has 1 saturated carbocycles. The Morgan fingerprint density at radius 1 is 0.892 bits per heavy atom. The van der Waals surface area contributed by atoms with Crippen LogP contribution in [0.3, 0.4) is 0 Å². The van der Waals surface area contributed by atoms with Crippen LogP contribution in [0.25, 0.3) is 11.1 Å². The first-order valence-electron chi connectivity index (χ1n) is 12.8. The molecule has 3 aromatic carbocycles. The Labute approximate surface area is 218 Å². The number of carbonyl (C=O) groups excluding carboxylic acids is 1. The number of aromatic carboxylic acids is 1. The van der Waals surface area contributed by atoms with E-state index in [2.05, 4.69) is 22.6 Å². The lowest BCUT2D eigenvalue weighted by Crippen LogP contribution is -2.32. The fourth-order valence-electron chi connectivity index (χ4n) is 4.94. The van der Waals surface area contributed by atoms with Crippen molar-refractivity contribution in [2.45, 2.75) is 51.5 Å². The van der Waals surface area contributed by atoms with Crippen molar-refractivity contribution in [2.24, 2.45) is 0 Å². The monoisotopic (exact) mass is 501 g/mol. The van der Waals surface area contributed by atoms with Gasteiger partial charge in [-0.15, -0.1) is 0 Å². The second-order valence-corrected chi connectivity index (χ2v) is 9.65. The molecule has 0 aliphatic heterocycles. The number of carbonyl (C=O) groups is 2. The molecule has 0 bridgehead atoms. The average molecular weight is 502 g/mol. The molecule has 0 saturated heterocycles. The molecule has 4 rings (SSSR count). The van der Waals surface area contributed by atoms with Crippen LogP contribution >= 0.6 is 0 Å². The molecule has 1 aliphatic rings. The van der Waals surface area contributed by atoms with E-state index < -0.39 is 5.97 Å². The number of rotatable bonds is 7. The smallest absolute Gasteiger partial charge is 0.339 e. The molecule has 194 valence electrons. The van der Waals surface area contributed by atoms with Gasteiger partial charge in [0.15, 0.2) is 0 Å². The number of urea groups is 1. The molecular weight excluding hydrogens is 466 g/mol. The van der Waals surface area contributed by atoms with Gasteiger partial charge in [0, 0.05) is 18.8 Å². The van der Waals surface area contributed by atoms with E-state index in [1.807, 2.05) is 55.5 Å². The number of hydrogen-bond acceptors (Lipinski definition) is 4. The summed E-state index contributed by atoms with van der Waals surface area (Å²) in [5.74, 6) is -0.754. The van der Waals surface area contributed by atoms with E-state index in [1.54, 1.807) is 12.1 Å². The molecule has 2 amide bonds. The van der Waals surface area contributed by atoms with Crippen molar-refractivity contribution in [3.63, 3.8) is 0 Å². The lowest BCUT2D eigenvalue weighted by atomic mass is 10.00. The van der Waals surface area contributed by atoms with Crippen LogP contribution in [0.4, 0.5) is 21.9 Å². The summed E-state index contributed by atoms with van der Waals surface area (Å²) >= 11 is 0. The van der Waals surface area contributed by atoms with Gasteiger partial charge in [-0.05, 0) is 67.3 Å². The average Bonchev–Trinajstić information content (AvgIpc) is 3.19. The first kappa shape index (κ1) is 26.1. The lowest BCUT2D eigenvalue weighted by molar-refractivity contribution is 0.0693. The summed E-state index contributed by atoms with van der Waals surface area (Å²) in [6.45, 7) is 2.00. The maximum absolute atomic E-state index is 13.0. The minimum absolute atomic E-state index is 0.0891. The van der Waals surface area contributed by atoms with Gasteiger partial charge in [-0.2, -0.15) is 0 Å². The molecular formula is C30H35N3O4. The number of aryl methyl sites for hydroxylation is 1. The highest BCUT2D eigenvalue weighted by Gasteiger charge is 2.21. The number of nitrogens with zero attached hydrogens (tertiary/aromatic N) is 1. The molecule has 0 radical (unpaired) electrons. The third kappa shape index (κ3) is 6.42. The highest BCUT2D eigenvalue weighted by molar-refractivity contribution is 6.02. The number of amides is 2. The Morgan fingerprint density at radius 3 is 2.19 bits per heavy atom. The highest BCUT2D eigenvalue weighted by atomic mass is 16.5. The minimum atomic E-state index is -1.06. The molecule has 0 aromatic heterocycles. The Balaban J connectivity index is 1.68. The van der Waals surface area contributed by atoms with Gasteiger partial charge in [-0.25, -0.2) is 9.59 Å².